The number of fused-ring (bicyclic) bond motifs is 1. The Morgan fingerprint density at radius 2 is 1.68 bits per heavy atom. The predicted molar refractivity (Wildman–Crippen MR) is 102 cm³/mol. The van der Waals surface area contributed by atoms with E-state index in [0.29, 0.717) is 0 Å². The lowest BCUT2D eigenvalue weighted by Gasteiger charge is -2.15. The number of rotatable bonds is 7. The van der Waals surface area contributed by atoms with E-state index in [2.05, 4.69) is 17.4 Å². The molecule has 0 unspecified atom stereocenters. The van der Waals surface area contributed by atoms with Gasteiger partial charge in [-0.15, -0.1) is 0 Å². The first-order valence-electron chi connectivity index (χ1n) is 8.66. The quantitative estimate of drug-likeness (QED) is 0.698. The van der Waals surface area contributed by atoms with Gasteiger partial charge in [0.05, 0.1) is 0 Å². The van der Waals surface area contributed by atoms with Crippen molar-refractivity contribution >= 4 is 16.7 Å². The third-order valence-corrected chi connectivity index (χ3v) is 4.22. The van der Waals surface area contributed by atoms with E-state index in [1.807, 2.05) is 67.6 Å². The van der Waals surface area contributed by atoms with Crippen LogP contribution < -0.4 is 10.1 Å². The van der Waals surface area contributed by atoms with Crippen LogP contribution in [0.15, 0.2) is 72.8 Å². The molecule has 0 aliphatic rings. The first-order valence-corrected chi connectivity index (χ1v) is 8.66. The van der Waals surface area contributed by atoms with E-state index in [1.165, 1.54) is 5.56 Å². The van der Waals surface area contributed by atoms with Crippen LogP contribution in [0.25, 0.3) is 10.8 Å². The van der Waals surface area contributed by atoms with Crippen molar-refractivity contribution in [2.75, 3.05) is 6.61 Å². The summed E-state index contributed by atoms with van der Waals surface area (Å²) in [6, 6.07) is 24.3. The van der Waals surface area contributed by atoms with E-state index in [0.717, 1.165) is 29.4 Å². The highest BCUT2D eigenvalue weighted by Gasteiger charge is 2.09. The number of nitrogens with one attached hydrogen (secondary N) is 1. The molecule has 0 radical (unpaired) electrons. The zero-order valence-corrected chi connectivity index (χ0v) is 14.4. The van der Waals surface area contributed by atoms with Gasteiger partial charge in [0.25, 0.3) is 5.91 Å². The minimum Gasteiger partial charge on any atom is -0.483 e. The van der Waals surface area contributed by atoms with Crippen LogP contribution in [-0.2, 0) is 11.2 Å². The van der Waals surface area contributed by atoms with Crippen molar-refractivity contribution in [3.05, 3.63) is 78.4 Å². The maximum absolute atomic E-state index is 12.1. The fourth-order valence-corrected chi connectivity index (χ4v) is 2.88. The highest BCUT2D eigenvalue weighted by molar-refractivity contribution is 5.88. The molecular formula is C22H23NO2. The standard InChI is InChI=1S/C22H23NO2/c1-17(14-15-18-8-3-2-4-9-18)23-22(24)16-25-21-13-7-11-19-10-5-6-12-20(19)21/h2-13,17H,14-16H2,1H3,(H,23,24)/t17-/m0/s1. The molecule has 3 aromatic rings. The van der Waals surface area contributed by atoms with E-state index >= 15 is 0 Å². The Balaban J connectivity index is 1.49. The van der Waals surface area contributed by atoms with Crippen LogP contribution in [0.5, 0.6) is 5.75 Å². The van der Waals surface area contributed by atoms with Gasteiger partial charge in [-0.25, -0.2) is 0 Å². The van der Waals surface area contributed by atoms with Gasteiger partial charge in [0.1, 0.15) is 5.75 Å². The SMILES string of the molecule is C[C@@H](CCc1ccccc1)NC(=O)COc1cccc2ccccc12. The second-order valence-electron chi connectivity index (χ2n) is 6.26. The Morgan fingerprint density at radius 3 is 2.52 bits per heavy atom. The third kappa shape index (κ3) is 4.83. The average Bonchev–Trinajstić information content (AvgIpc) is 2.65. The monoisotopic (exact) mass is 333 g/mol. The first kappa shape index (κ1) is 17.0. The molecule has 0 aliphatic heterocycles. The van der Waals surface area contributed by atoms with Crippen LogP contribution in [0, 0.1) is 0 Å². The summed E-state index contributed by atoms with van der Waals surface area (Å²) in [6.45, 7) is 2.06. The minimum absolute atomic E-state index is 0.0314. The summed E-state index contributed by atoms with van der Waals surface area (Å²) in [5.41, 5.74) is 1.29. The predicted octanol–water partition coefficient (Wildman–Crippen LogP) is 4.36. The lowest BCUT2D eigenvalue weighted by molar-refractivity contribution is -0.123. The number of carbonyl (C=O) groups excluding carboxylic acids is 1. The molecule has 0 bridgehead atoms. The molecular weight excluding hydrogens is 310 g/mol. The number of carbonyl (C=O) groups is 1. The van der Waals surface area contributed by atoms with Gasteiger partial charge in [0, 0.05) is 11.4 Å². The molecule has 1 atom stereocenters. The van der Waals surface area contributed by atoms with Crippen molar-refractivity contribution in [1.82, 2.24) is 5.32 Å². The molecule has 0 saturated heterocycles. The van der Waals surface area contributed by atoms with Gasteiger partial charge in [-0.3, -0.25) is 4.79 Å². The van der Waals surface area contributed by atoms with Crippen LogP contribution >= 0.6 is 0 Å². The fraction of sp³-hybridized carbons (Fsp3) is 0.227. The Kier molecular flexibility index (Phi) is 5.68. The zero-order chi connectivity index (χ0) is 17.5. The summed E-state index contributed by atoms with van der Waals surface area (Å²) < 4.78 is 5.73. The number of amides is 1. The van der Waals surface area contributed by atoms with Gasteiger partial charge in [0.15, 0.2) is 6.61 Å². The Morgan fingerprint density at radius 1 is 0.960 bits per heavy atom. The molecule has 1 amide bonds. The third-order valence-electron chi connectivity index (χ3n) is 4.22. The number of aryl methyl sites for hydroxylation is 1. The number of benzene rings is 3. The van der Waals surface area contributed by atoms with Crippen LogP contribution in [0.2, 0.25) is 0 Å². The van der Waals surface area contributed by atoms with E-state index in [-0.39, 0.29) is 18.6 Å². The van der Waals surface area contributed by atoms with Crippen molar-refractivity contribution in [2.45, 2.75) is 25.8 Å². The van der Waals surface area contributed by atoms with Gasteiger partial charge < -0.3 is 10.1 Å². The van der Waals surface area contributed by atoms with E-state index in [1.54, 1.807) is 0 Å². The maximum atomic E-state index is 12.1. The molecule has 3 rings (SSSR count). The molecule has 1 N–H and O–H groups in total. The van der Waals surface area contributed by atoms with E-state index < -0.39 is 0 Å². The Labute approximate surface area is 148 Å². The molecule has 0 saturated carbocycles. The summed E-state index contributed by atoms with van der Waals surface area (Å²) in [5.74, 6) is 0.652. The van der Waals surface area contributed by atoms with E-state index in [4.69, 9.17) is 4.74 Å². The van der Waals surface area contributed by atoms with Crippen LogP contribution in [0.1, 0.15) is 18.9 Å². The molecule has 25 heavy (non-hydrogen) atoms. The summed E-state index contributed by atoms with van der Waals surface area (Å²) in [6.07, 6.45) is 1.86. The molecule has 0 aromatic heterocycles. The van der Waals surface area contributed by atoms with Gasteiger partial charge in [-0.2, -0.15) is 0 Å². The molecule has 128 valence electrons. The molecule has 0 fully saturated rings. The summed E-state index contributed by atoms with van der Waals surface area (Å²) in [7, 11) is 0. The molecule has 0 heterocycles. The van der Waals surface area contributed by atoms with Gasteiger partial charge >= 0.3 is 0 Å². The van der Waals surface area contributed by atoms with Gasteiger partial charge in [-0.1, -0.05) is 66.7 Å². The Bertz CT molecular complexity index is 824. The van der Waals surface area contributed by atoms with Gasteiger partial charge in [-0.05, 0) is 36.8 Å². The summed E-state index contributed by atoms with van der Waals surface area (Å²) in [5, 5.41) is 5.14. The molecule has 3 heteroatoms. The second kappa shape index (κ2) is 8.34. The highest BCUT2D eigenvalue weighted by Crippen LogP contribution is 2.24. The molecule has 3 nitrogen and oxygen atoms in total. The normalized spacial score (nSPS) is 11.9. The number of ether oxygens (including phenoxy) is 1. The number of hydrogen-bond acceptors (Lipinski definition) is 2. The molecule has 0 aliphatic carbocycles. The van der Waals surface area contributed by atoms with Crippen molar-refractivity contribution in [2.24, 2.45) is 0 Å². The van der Waals surface area contributed by atoms with E-state index in [9.17, 15) is 4.79 Å². The number of hydrogen-bond donors (Lipinski definition) is 1. The van der Waals surface area contributed by atoms with Crippen molar-refractivity contribution in [3.8, 4) is 5.75 Å². The minimum atomic E-state index is -0.0894. The average molecular weight is 333 g/mol. The van der Waals surface area contributed by atoms with Crippen LogP contribution in [-0.4, -0.2) is 18.6 Å². The van der Waals surface area contributed by atoms with Crippen LogP contribution in [0.4, 0.5) is 0 Å². The first-order chi connectivity index (χ1) is 12.2. The highest BCUT2D eigenvalue weighted by atomic mass is 16.5. The smallest absolute Gasteiger partial charge is 0.258 e. The van der Waals surface area contributed by atoms with Crippen molar-refractivity contribution in [3.63, 3.8) is 0 Å². The lowest BCUT2D eigenvalue weighted by Crippen LogP contribution is -2.36. The Hall–Kier alpha value is -2.81. The maximum Gasteiger partial charge on any atom is 0.258 e. The molecule has 3 aromatic carbocycles. The second-order valence-corrected chi connectivity index (χ2v) is 6.26. The summed E-state index contributed by atoms with van der Waals surface area (Å²) >= 11 is 0. The zero-order valence-electron chi connectivity index (χ0n) is 14.4. The molecule has 0 spiro atoms. The largest absolute Gasteiger partial charge is 0.483 e. The fourth-order valence-electron chi connectivity index (χ4n) is 2.88. The van der Waals surface area contributed by atoms with Crippen molar-refractivity contribution < 1.29 is 9.53 Å². The lowest BCUT2D eigenvalue weighted by atomic mass is 10.1. The van der Waals surface area contributed by atoms with Crippen LogP contribution in [0.3, 0.4) is 0 Å². The summed E-state index contributed by atoms with van der Waals surface area (Å²) in [4.78, 5) is 12.1. The topological polar surface area (TPSA) is 38.3 Å². The van der Waals surface area contributed by atoms with Gasteiger partial charge in [0.2, 0.25) is 0 Å². The van der Waals surface area contributed by atoms with Crippen molar-refractivity contribution in [1.29, 1.82) is 0 Å².